The van der Waals surface area contributed by atoms with Gasteiger partial charge in [-0.25, -0.2) is 4.79 Å². The minimum absolute atomic E-state index is 0.110. The van der Waals surface area contributed by atoms with Crippen LogP contribution in [0.5, 0.6) is 0 Å². The Balaban J connectivity index is 2.23. The molecule has 5 nitrogen and oxygen atoms in total. The molecular formula is C17H18N2O3. The Bertz CT molecular complexity index is 821. The van der Waals surface area contributed by atoms with Crippen molar-refractivity contribution in [2.45, 2.75) is 19.4 Å². The van der Waals surface area contributed by atoms with E-state index >= 15 is 0 Å². The highest BCUT2D eigenvalue weighted by molar-refractivity contribution is 5.87. The molecule has 3 rings (SSSR count). The van der Waals surface area contributed by atoms with Gasteiger partial charge in [0.15, 0.2) is 5.43 Å². The van der Waals surface area contributed by atoms with Crippen LogP contribution in [-0.4, -0.2) is 29.7 Å². The lowest BCUT2D eigenvalue weighted by atomic mass is 9.92. The molecule has 114 valence electrons. The predicted octanol–water partition coefficient (Wildman–Crippen LogP) is 2.40. The zero-order valence-electron chi connectivity index (χ0n) is 12.8. The monoisotopic (exact) mass is 298 g/mol. The molecule has 0 aliphatic carbocycles. The fourth-order valence-electron chi connectivity index (χ4n) is 2.98. The lowest BCUT2D eigenvalue weighted by molar-refractivity contribution is 0.0694. The molecule has 0 amide bonds. The van der Waals surface area contributed by atoms with Gasteiger partial charge in [0.25, 0.3) is 0 Å². The molecule has 1 aromatic heterocycles. The number of anilines is 1. The van der Waals surface area contributed by atoms with Gasteiger partial charge in [-0.2, -0.15) is 0 Å². The van der Waals surface area contributed by atoms with Crippen LogP contribution >= 0.6 is 0 Å². The molecular weight excluding hydrogens is 280 g/mol. The highest BCUT2D eigenvalue weighted by atomic mass is 16.4. The Morgan fingerprint density at radius 2 is 2.05 bits per heavy atom. The zero-order valence-corrected chi connectivity index (χ0v) is 12.8. The number of carbonyl (C=O) groups is 1. The maximum atomic E-state index is 12.0. The highest BCUT2D eigenvalue weighted by Crippen LogP contribution is 2.35. The maximum Gasteiger partial charge on any atom is 0.341 e. The van der Waals surface area contributed by atoms with Crippen LogP contribution in [0.3, 0.4) is 0 Å². The van der Waals surface area contributed by atoms with E-state index in [9.17, 15) is 9.59 Å². The number of hydrogen-bond acceptors (Lipinski definition) is 3. The Kier molecular flexibility index (Phi) is 3.28. The number of aromatic nitrogens is 1. The third kappa shape index (κ3) is 2.19. The van der Waals surface area contributed by atoms with Crippen LogP contribution in [0.25, 0.3) is 11.3 Å². The largest absolute Gasteiger partial charge is 0.477 e. The first-order valence-corrected chi connectivity index (χ1v) is 7.18. The van der Waals surface area contributed by atoms with Crippen molar-refractivity contribution in [2.24, 2.45) is 0 Å². The fourth-order valence-corrected chi connectivity index (χ4v) is 2.98. The number of pyridine rings is 1. The van der Waals surface area contributed by atoms with E-state index in [2.05, 4.69) is 6.07 Å². The van der Waals surface area contributed by atoms with Crippen LogP contribution in [0.1, 0.15) is 28.9 Å². The molecule has 1 aliphatic heterocycles. The first kappa shape index (κ1) is 14.4. The first-order chi connectivity index (χ1) is 10.4. The van der Waals surface area contributed by atoms with Crippen molar-refractivity contribution in [2.75, 3.05) is 19.0 Å². The SMILES string of the molecule is CC1Cc2cc(N(C)C)ccc2-c2cc(=O)c(C(=O)O)cn21. The van der Waals surface area contributed by atoms with E-state index in [0.29, 0.717) is 0 Å². The minimum Gasteiger partial charge on any atom is -0.477 e. The molecule has 0 fully saturated rings. The summed E-state index contributed by atoms with van der Waals surface area (Å²) in [7, 11) is 3.98. The first-order valence-electron chi connectivity index (χ1n) is 7.18. The van der Waals surface area contributed by atoms with E-state index in [1.54, 1.807) is 0 Å². The Labute approximate surface area is 128 Å². The molecule has 1 unspecified atom stereocenters. The van der Waals surface area contributed by atoms with Gasteiger partial charge in [0.1, 0.15) is 5.56 Å². The summed E-state index contributed by atoms with van der Waals surface area (Å²) >= 11 is 0. The Morgan fingerprint density at radius 1 is 1.32 bits per heavy atom. The van der Waals surface area contributed by atoms with Gasteiger partial charge in [-0.05, 0) is 31.0 Å². The number of rotatable bonds is 2. The van der Waals surface area contributed by atoms with Gasteiger partial charge in [-0.15, -0.1) is 0 Å². The van der Waals surface area contributed by atoms with Crippen molar-refractivity contribution in [3.8, 4) is 11.3 Å². The van der Waals surface area contributed by atoms with Crippen molar-refractivity contribution in [3.63, 3.8) is 0 Å². The lowest BCUT2D eigenvalue weighted by Gasteiger charge is -2.29. The van der Waals surface area contributed by atoms with E-state index in [1.165, 1.54) is 17.8 Å². The van der Waals surface area contributed by atoms with Gasteiger partial charge < -0.3 is 14.6 Å². The number of fused-ring (bicyclic) bond motifs is 3. The minimum atomic E-state index is -1.18. The second-order valence-electron chi connectivity index (χ2n) is 5.94. The molecule has 1 atom stereocenters. The number of carboxylic acid groups (broad SMARTS) is 1. The van der Waals surface area contributed by atoms with Crippen LogP contribution in [0, 0.1) is 0 Å². The summed E-state index contributed by atoms with van der Waals surface area (Å²) in [5.41, 5.74) is 3.45. The average Bonchev–Trinajstić information content (AvgIpc) is 2.45. The number of aromatic carboxylic acids is 1. The molecule has 0 saturated carbocycles. The topological polar surface area (TPSA) is 62.5 Å². The van der Waals surface area contributed by atoms with Crippen LogP contribution in [0.4, 0.5) is 5.69 Å². The molecule has 0 spiro atoms. The molecule has 1 N–H and O–H groups in total. The summed E-state index contributed by atoms with van der Waals surface area (Å²) in [5, 5.41) is 9.13. The van der Waals surface area contributed by atoms with Gasteiger partial charge in [-0.1, -0.05) is 6.07 Å². The summed E-state index contributed by atoms with van der Waals surface area (Å²) in [5.74, 6) is -1.18. The molecule has 1 aliphatic rings. The van der Waals surface area contributed by atoms with E-state index in [1.807, 2.05) is 42.6 Å². The summed E-state index contributed by atoms with van der Waals surface area (Å²) in [6, 6.07) is 7.69. The standard InChI is InChI=1S/C17H18N2O3/c1-10-6-11-7-12(18(2)3)4-5-13(11)15-8-16(20)14(17(21)22)9-19(10)15/h4-5,7-10H,6H2,1-3H3,(H,21,22). The molecule has 5 heteroatoms. The third-order valence-electron chi connectivity index (χ3n) is 4.18. The molecule has 0 radical (unpaired) electrons. The lowest BCUT2D eigenvalue weighted by Crippen LogP contribution is -2.24. The number of nitrogens with zero attached hydrogens (tertiary/aromatic N) is 2. The summed E-state index contributed by atoms with van der Waals surface area (Å²) in [6.07, 6.45) is 2.28. The molecule has 0 bridgehead atoms. The summed E-state index contributed by atoms with van der Waals surface area (Å²) < 4.78 is 1.89. The van der Waals surface area contributed by atoms with E-state index < -0.39 is 11.4 Å². The van der Waals surface area contributed by atoms with Crippen LogP contribution < -0.4 is 10.3 Å². The van der Waals surface area contributed by atoms with Crippen molar-refractivity contribution in [3.05, 3.63) is 51.8 Å². The smallest absolute Gasteiger partial charge is 0.341 e. The predicted molar refractivity (Wildman–Crippen MR) is 85.8 cm³/mol. The number of carboxylic acids is 1. The van der Waals surface area contributed by atoms with Crippen LogP contribution in [-0.2, 0) is 6.42 Å². The molecule has 0 saturated heterocycles. The second kappa shape index (κ2) is 5.02. The average molecular weight is 298 g/mol. The van der Waals surface area contributed by atoms with E-state index in [4.69, 9.17) is 5.11 Å². The van der Waals surface area contributed by atoms with Crippen molar-refractivity contribution in [1.82, 2.24) is 4.57 Å². The normalized spacial score (nSPS) is 15.9. The van der Waals surface area contributed by atoms with Gasteiger partial charge in [0, 0.05) is 43.7 Å². The van der Waals surface area contributed by atoms with E-state index in [0.717, 1.165) is 23.4 Å². The summed E-state index contributed by atoms with van der Waals surface area (Å²) in [4.78, 5) is 25.2. The summed E-state index contributed by atoms with van der Waals surface area (Å²) in [6.45, 7) is 2.03. The van der Waals surface area contributed by atoms with Crippen LogP contribution in [0.2, 0.25) is 0 Å². The van der Waals surface area contributed by atoms with Gasteiger partial charge in [-0.3, -0.25) is 4.79 Å². The quantitative estimate of drug-likeness (QED) is 0.924. The Hall–Kier alpha value is -2.56. The van der Waals surface area contributed by atoms with Gasteiger partial charge in [0.2, 0.25) is 0 Å². The fraction of sp³-hybridized carbons (Fsp3) is 0.294. The molecule has 22 heavy (non-hydrogen) atoms. The second-order valence-corrected chi connectivity index (χ2v) is 5.94. The number of benzene rings is 1. The van der Waals surface area contributed by atoms with Crippen molar-refractivity contribution >= 4 is 11.7 Å². The highest BCUT2D eigenvalue weighted by Gasteiger charge is 2.23. The Morgan fingerprint density at radius 3 is 2.68 bits per heavy atom. The third-order valence-corrected chi connectivity index (χ3v) is 4.18. The van der Waals surface area contributed by atoms with Crippen molar-refractivity contribution in [1.29, 1.82) is 0 Å². The maximum absolute atomic E-state index is 12.0. The van der Waals surface area contributed by atoms with Crippen molar-refractivity contribution < 1.29 is 9.90 Å². The zero-order chi connectivity index (χ0) is 16.0. The van der Waals surface area contributed by atoms with E-state index in [-0.39, 0.29) is 11.6 Å². The molecule has 1 aromatic carbocycles. The molecule has 2 heterocycles. The van der Waals surface area contributed by atoms with Gasteiger partial charge >= 0.3 is 5.97 Å². The van der Waals surface area contributed by atoms with Crippen LogP contribution in [0.15, 0.2) is 35.3 Å². The number of hydrogen-bond donors (Lipinski definition) is 1. The van der Waals surface area contributed by atoms with Gasteiger partial charge in [0.05, 0.1) is 5.69 Å². The molecule has 2 aromatic rings.